The lowest BCUT2D eigenvalue weighted by atomic mass is 10.1. The number of fused-ring (bicyclic) bond motifs is 3. The van der Waals surface area contributed by atoms with Gasteiger partial charge in [0.05, 0.1) is 23.9 Å². The van der Waals surface area contributed by atoms with Crippen LogP contribution in [0.3, 0.4) is 0 Å². The van der Waals surface area contributed by atoms with Crippen LogP contribution in [0.1, 0.15) is 16.8 Å². The number of benzene rings is 2. The highest BCUT2D eigenvalue weighted by Gasteiger charge is 2.32. The Kier molecular flexibility index (Phi) is 3.99. The van der Waals surface area contributed by atoms with Crippen LogP contribution >= 0.6 is 0 Å². The first-order chi connectivity index (χ1) is 13.2. The van der Waals surface area contributed by atoms with Crippen molar-refractivity contribution in [3.8, 4) is 17.1 Å². The fourth-order valence-corrected chi connectivity index (χ4v) is 3.16. The number of alkyl halides is 3. The molecule has 4 rings (SSSR count). The Bertz CT molecular complexity index is 1230. The molecule has 0 unspecified atom stereocenters. The van der Waals surface area contributed by atoms with E-state index in [9.17, 15) is 17.6 Å². The summed E-state index contributed by atoms with van der Waals surface area (Å²) in [5.74, 6) is -0.256. The first-order valence-corrected chi connectivity index (χ1v) is 8.28. The molecule has 0 N–H and O–H groups in total. The SMILES string of the molecule is COc1cc(C(F)(F)F)cc2c1nnc1c(C)nc(-c3cc(F)ccc3C)n12. The fourth-order valence-electron chi connectivity index (χ4n) is 3.16. The van der Waals surface area contributed by atoms with Crippen molar-refractivity contribution < 1.29 is 22.3 Å². The van der Waals surface area contributed by atoms with Crippen LogP contribution < -0.4 is 4.74 Å². The molecule has 0 saturated heterocycles. The third-order valence-electron chi connectivity index (χ3n) is 4.55. The number of ether oxygens (including phenoxy) is 1. The van der Waals surface area contributed by atoms with Gasteiger partial charge in [0.25, 0.3) is 0 Å². The third-order valence-corrected chi connectivity index (χ3v) is 4.55. The van der Waals surface area contributed by atoms with Gasteiger partial charge in [-0.2, -0.15) is 13.2 Å². The second kappa shape index (κ2) is 6.15. The maximum Gasteiger partial charge on any atom is 0.416 e. The molecule has 5 nitrogen and oxygen atoms in total. The van der Waals surface area contributed by atoms with E-state index < -0.39 is 17.6 Å². The van der Waals surface area contributed by atoms with Crippen LogP contribution in [0.4, 0.5) is 17.6 Å². The molecular weight excluding hydrogens is 376 g/mol. The molecule has 2 heterocycles. The van der Waals surface area contributed by atoms with Crippen LogP contribution in [0.25, 0.3) is 28.1 Å². The Labute approximate surface area is 156 Å². The smallest absolute Gasteiger partial charge is 0.416 e. The van der Waals surface area contributed by atoms with Gasteiger partial charge >= 0.3 is 6.18 Å². The number of hydrogen-bond donors (Lipinski definition) is 0. The molecule has 9 heteroatoms. The average molecular weight is 390 g/mol. The van der Waals surface area contributed by atoms with Gasteiger partial charge in [-0.05, 0) is 43.7 Å². The summed E-state index contributed by atoms with van der Waals surface area (Å²) in [5.41, 5.74) is 1.30. The van der Waals surface area contributed by atoms with E-state index in [2.05, 4.69) is 15.2 Å². The lowest BCUT2D eigenvalue weighted by Crippen LogP contribution is -2.08. The number of aryl methyl sites for hydroxylation is 2. The molecule has 144 valence electrons. The molecule has 0 bridgehead atoms. The number of rotatable bonds is 2. The van der Waals surface area contributed by atoms with E-state index in [4.69, 9.17) is 4.74 Å². The van der Waals surface area contributed by atoms with E-state index >= 15 is 0 Å². The summed E-state index contributed by atoms with van der Waals surface area (Å²) in [5, 5.41) is 8.14. The van der Waals surface area contributed by atoms with Gasteiger partial charge in [-0.25, -0.2) is 9.37 Å². The van der Waals surface area contributed by atoms with Crippen LogP contribution in [0.5, 0.6) is 5.75 Å². The summed E-state index contributed by atoms with van der Waals surface area (Å²) < 4.78 is 60.7. The van der Waals surface area contributed by atoms with Crippen molar-refractivity contribution in [3.63, 3.8) is 0 Å². The van der Waals surface area contributed by atoms with Crippen LogP contribution in [-0.2, 0) is 6.18 Å². The van der Waals surface area contributed by atoms with E-state index in [-0.39, 0.29) is 28.3 Å². The summed E-state index contributed by atoms with van der Waals surface area (Å²) >= 11 is 0. The van der Waals surface area contributed by atoms with Crippen molar-refractivity contribution in [1.29, 1.82) is 0 Å². The van der Waals surface area contributed by atoms with Gasteiger partial charge in [-0.1, -0.05) is 6.07 Å². The van der Waals surface area contributed by atoms with E-state index in [1.807, 2.05) is 0 Å². The molecule has 0 aliphatic carbocycles. The number of hydrogen-bond acceptors (Lipinski definition) is 4. The van der Waals surface area contributed by atoms with Gasteiger partial charge in [-0.3, -0.25) is 4.40 Å². The predicted octanol–water partition coefficient (Wildman–Crippen LogP) is 4.73. The van der Waals surface area contributed by atoms with E-state index in [0.29, 0.717) is 11.3 Å². The maximum absolute atomic E-state index is 13.9. The van der Waals surface area contributed by atoms with E-state index in [1.165, 1.54) is 23.6 Å². The molecule has 0 aliphatic rings. The monoisotopic (exact) mass is 390 g/mol. The number of imidazole rings is 1. The second-order valence-corrected chi connectivity index (χ2v) is 6.38. The Balaban J connectivity index is 2.19. The Morgan fingerprint density at radius 2 is 1.79 bits per heavy atom. The normalized spacial score (nSPS) is 12.1. The molecule has 0 radical (unpaired) electrons. The number of aromatic nitrogens is 4. The Morgan fingerprint density at radius 1 is 1.04 bits per heavy atom. The molecule has 0 atom stereocenters. The standard InChI is InChI=1S/C19H14F4N4O/c1-9-4-5-12(20)8-13(9)18-24-10(2)17-26-25-16-14(27(17)18)6-11(19(21,22)23)7-15(16)28-3/h4-8H,1-3H3. The minimum atomic E-state index is -4.58. The van der Waals surface area contributed by atoms with Gasteiger partial charge in [0, 0.05) is 5.56 Å². The highest BCUT2D eigenvalue weighted by molar-refractivity contribution is 5.86. The molecule has 0 fully saturated rings. The van der Waals surface area contributed by atoms with Crippen molar-refractivity contribution in [2.45, 2.75) is 20.0 Å². The van der Waals surface area contributed by atoms with Gasteiger partial charge < -0.3 is 4.74 Å². The molecule has 0 spiro atoms. The maximum atomic E-state index is 13.9. The molecule has 0 aliphatic heterocycles. The average Bonchev–Trinajstić information content (AvgIpc) is 2.99. The van der Waals surface area contributed by atoms with Crippen LogP contribution in [0, 0.1) is 19.7 Å². The summed E-state index contributed by atoms with van der Waals surface area (Å²) in [6.07, 6.45) is -4.58. The summed E-state index contributed by atoms with van der Waals surface area (Å²) in [4.78, 5) is 4.43. The number of methoxy groups -OCH3 is 1. The molecule has 2 aromatic carbocycles. The van der Waals surface area contributed by atoms with Crippen molar-refractivity contribution in [3.05, 3.63) is 53.0 Å². The molecule has 0 amide bonds. The zero-order valence-corrected chi connectivity index (χ0v) is 15.1. The van der Waals surface area contributed by atoms with Gasteiger partial charge in [0.15, 0.2) is 11.2 Å². The predicted molar refractivity (Wildman–Crippen MR) is 94.7 cm³/mol. The molecule has 28 heavy (non-hydrogen) atoms. The Hall–Kier alpha value is -3.23. The summed E-state index contributed by atoms with van der Waals surface area (Å²) in [7, 11) is 1.26. The molecular formula is C19H14F4N4O. The van der Waals surface area contributed by atoms with Crippen LogP contribution in [0.2, 0.25) is 0 Å². The highest BCUT2D eigenvalue weighted by Crippen LogP contribution is 2.37. The second-order valence-electron chi connectivity index (χ2n) is 6.38. The third kappa shape index (κ3) is 2.74. The Morgan fingerprint density at radius 3 is 2.46 bits per heavy atom. The van der Waals surface area contributed by atoms with E-state index in [1.54, 1.807) is 19.9 Å². The zero-order valence-electron chi connectivity index (χ0n) is 15.1. The molecule has 2 aromatic heterocycles. The summed E-state index contributed by atoms with van der Waals surface area (Å²) in [6, 6.07) is 6.03. The first kappa shape index (κ1) is 18.1. The van der Waals surface area contributed by atoms with Gasteiger partial charge in [0.1, 0.15) is 17.4 Å². The molecule has 4 aromatic rings. The van der Waals surface area contributed by atoms with Gasteiger partial charge in [0.2, 0.25) is 0 Å². The topological polar surface area (TPSA) is 52.3 Å². The quantitative estimate of drug-likeness (QED) is 0.465. The lowest BCUT2D eigenvalue weighted by Gasteiger charge is -2.13. The minimum Gasteiger partial charge on any atom is -0.494 e. The van der Waals surface area contributed by atoms with Crippen molar-refractivity contribution >= 4 is 16.7 Å². The lowest BCUT2D eigenvalue weighted by molar-refractivity contribution is -0.137. The van der Waals surface area contributed by atoms with Crippen molar-refractivity contribution in [2.75, 3.05) is 7.11 Å². The van der Waals surface area contributed by atoms with Crippen molar-refractivity contribution in [2.24, 2.45) is 0 Å². The number of nitrogens with zero attached hydrogens (tertiary/aromatic N) is 4. The summed E-state index contributed by atoms with van der Waals surface area (Å²) in [6.45, 7) is 3.43. The minimum absolute atomic E-state index is 0.0625. The first-order valence-electron chi connectivity index (χ1n) is 8.28. The fraction of sp³-hybridized carbons (Fsp3) is 0.211. The van der Waals surface area contributed by atoms with Crippen LogP contribution in [0.15, 0.2) is 30.3 Å². The zero-order chi connectivity index (χ0) is 20.2. The largest absolute Gasteiger partial charge is 0.494 e. The van der Waals surface area contributed by atoms with Crippen molar-refractivity contribution in [1.82, 2.24) is 19.6 Å². The van der Waals surface area contributed by atoms with E-state index in [0.717, 1.165) is 17.7 Å². The highest BCUT2D eigenvalue weighted by atomic mass is 19.4. The molecule has 0 saturated carbocycles. The van der Waals surface area contributed by atoms with Crippen LogP contribution in [-0.4, -0.2) is 26.7 Å². The number of halogens is 4. The van der Waals surface area contributed by atoms with Gasteiger partial charge in [-0.15, -0.1) is 10.2 Å².